The predicted molar refractivity (Wildman–Crippen MR) is 178 cm³/mol. The van der Waals surface area contributed by atoms with Crippen LogP contribution >= 0.6 is 11.8 Å². The summed E-state index contributed by atoms with van der Waals surface area (Å²) in [4.78, 5) is 24.7. The number of nitrogens with zero attached hydrogens (tertiary/aromatic N) is 3. The molecule has 3 fully saturated rings. The Bertz CT molecular complexity index is 1490. The smallest absolute Gasteiger partial charge is 0.260 e. The number of alkyl halides is 1. The largest absolute Gasteiger partial charge is 0.371 e. The molecule has 4 heterocycles. The van der Waals surface area contributed by atoms with Crippen LogP contribution in [0.3, 0.4) is 0 Å². The molecule has 0 bridgehead atoms. The van der Waals surface area contributed by atoms with E-state index in [9.17, 15) is 9.00 Å². The molecule has 1 saturated carbocycles. The molecule has 9 nitrogen and oxygen atoms in total. The zero-order chi connectivity index (χ0) is 32.0. The number of thioether (sulfide) groups is 1. The Labute approximate surface area is 270 Å². The Kier molecular flexibility index (Phi) is 8.90. The van der Waals surface area contributed by atoms with Crippen molar-refractivity contribution in [1.82, 2.24) is 25.5 Å². The van der Waals surface area contributed by atoms with Crippen molar-refractivity contribution in [3.8, 4) is 0 Å². The van der Waals surface area contributed by atoms with Crippen molar-refractivity contribution in [1.29, 1.82) is 0 Å². The molecule has 4 N–H and O–H groups in total. The number of carbonyl (C=O) groups is 1. The molecule has 2 atom stereocenters. The van der Waals surface area contributed by atoms with Crippen molar-refractivity contribution < 1.29 is 17.8 Å². The van der Waals surface area contributed by atoms with Crippen molar-refractivity contribution in [2.75, 3.05) is 42.0 Å². The topological polar surface area (TPSA) is 111 Å². The molecule has 13 heteroatoms. The Balaban J connectivity index is 1.16. The minimum atomic E-state index is -1.73. The first-order valence-corrected chi connectivity index (χ1v) is 18.0. The Morgan fingerprint density at radius 2 is 1.93 bits per heavy atom. The molecule has 45 heavy (non-hydrogen) atoms. The van der Waals surface area contributed by atoms with Crippen molar-refractivity contribution in [3.05, 3.63) is 47.5 Å². The van der Waals surface area contributed by atoms with Crippen molar-refractivity contribution in [3.63, 3.8) is 0 Å². The zero-order valence-corrected chi connectivity index (χ0v) is 28.0. The first-order valence-electron chi connectivity index (χ1n) is 15.8. The normalized spacial score (nSPS) is 23.2. The summed E-state index contributed by atoms with van der Waals surface area (Å²) < 4.78 is 46.2. The summed E-state index contributed by atoms with van der Waals surface area (Å²) in [6.45, 7) is 10.6. The second kappa shape index (κ2) is 12.4. The maximum Gasteiger partial charge on any atom is 0.260 e. The van der Waals surface area contributed by atoms with Gasteiger partial charge in [0.15, 0.2) is 11.5 Å². The fourth-order valence-corrected chi connectivity index (χ4v) is 8.82. The Hall–Kier alpha value is -2.77. The van der Waals surface area contributed by atoms with E-state index in [0.717, 1.165) is 24.2 Å². The monoisotopic (exact) mass is 659 g/mol. The average Bonchev–Trinajstić information content (AvgIpc) is 3.41. The van der Waals surface area contributed by atoms with E-state index in [-0.39, 0.29) is 46.7 Å². The second-order valence-corrected chi connectivity index (χ2v) is 16.3. The molecule has 2 saturated heterocycles. The minimum Gasteiger partial charge on any atom is -0.371 e. The fraction of sp³-hybridized carbons (Fsp3) is 0.594. The molecule has 1 aromatic heterocycles. The van der Waals surface area contributed by atoms with E-state index in [0.29, 0.717) is 54.8 Å². The lowest BCUT2D eigenvalue weighted by molar-refractivity contribution is -0.165. The molecular formula is C32H43F2N7O2S2. The zero-order valence-electron chi connectivity index (χ0n) is 26.3. The van der Waals surface area contributed by atoms with Gasteiger partial charge in [0.1, 0.15) is 11.0 Å². The van der Waals surface area contributed by atoms with Gasteiger partial charge in [-0.25, -0.2) is 23.0 Å². The standard InChI is InChI=1S/C32H43F2N7O2S2/c1-5-15-45(43)40-22-8-6-7-21(24(22)33)25-26(44-27(39-25)30(2,3)4)23-9-12-36-29(38-23)37-20-16-31(17-20)18-41(19-31)28(42)32(34)10-13-35-14-11-32/h6-9,12,20,27,35,39-40H,5,10-11,13-19H2,1-4H3,(H,36,37,38). The van der Waals surface area contributed by atoms with Crippen LogP contribution in [0, 0.1) is 16.6 Å². The summed E-state index contributed by atoms with van der Waals surface area (Å²) >= 11 is 1.62. The molecule has 3 aliphatic heterocycles. The molecule has 0 radical (unpaired) electrons. The lowest BCUT2D eigenvalue weighted by atomic mass is 9.60. The van der Waals surface area contributed by atoms with E-state index in [1.54, 1.807) is 41.1 Å². The molecule has 4 aliphatic rings. The molecule has 244 valence electrons. The summed E-state index contributed by atoms with van der Waals surface area (Å²) in [5, 5.41) is 10.1. The van der Waals surface area contributed by atoms with Crippen LogP contribution in [0.25, 0.3) is 10.6 Å². The van der Waals surface area contributed by atoms with Crippen molar-refractivity contribution in [2.45, 2.75) is 76.9 Å². The predicted octanol–water partition coefficient (Wildman–Crippen LogP) is 5.13. The third kappa shape index (κ3) is 6.58. The summed E-state index contributed by atoms with van der Waals surface area (Å²) in [6.07, 6.45) is 4.65. The van der Waals surface area contributed by atoms with Gasteiger partial charge in [0.2, 0.25) is 5.95 Å². The van der Waals surface area contributed by atoms with Gasteiger partial charge in [0.25, 0.3) is 5.91 Å². The van der Waals surface area contributed by atoms with E-state index in [2.05, 4.69) is 46.4 Å². The number of hydrogen-bond donors (Lipinski definition) is 4. The number of anilines is 2. The SMILES string of the molecule is CCCS(=O)Nc1cccc(C2=C(c3ccnc(NC4CC5(C4)CN(C(=O)C4(F)CCNCC4)C5)n3)SC(C(C)(C)C)N2)c1F. The molecule has 1 aliphatic carbocycles. The lowest BCUT2D eigenvalue weighted by Crippen LogP contribution is -2.69. The molecular weight excluding hydrogens is 617 g/mol. The van der Waals surface area contributed by atoms with Gasteiger partial charge < -0.3 is 25.6 Å². The fourth-order valence-electron chi connectivity index (χ4n) is 6.66. The highest BCUT2D eigenvalue weighted by Crippen LogP contribution is 2.51. The van der Waals surface area contributed by atoms with Crippen LogP contribution in [0.15, 0.2) is 30.5 Å². The van der Waals surface area contributed by atoms with Crippen LogP contribution in [0.4, 0.5) is 20.4 Å². The molecule has 1 aromatic carbocycles. The average molecular weight is 660 g/mol. The summed E-state index contributed by atoms with van der Waals surface area (Å²) in [7, 11) is -1.37. The maximum absolute atomic E-state index is 15.9. The number of amides is 1. The number of hydrogen-bond acceptors (Lipinski definition) is 8. The number of piperidine rings is 1. The van der Waals surface area contributed by atoms with E-state index in [1.165, 1.54) is 0 Å². The van der Waals surface area contributed by atoms with Gasteiger partial charge in [-0.3, -0.25) is 4.79 Å². The first-order chi connectivity index (χ1) is 21.4. The molecule has 2 aromatic rings. The van der Waals surface area contributed by atoms with Gasteiger partial charge in [0, 0.05) is 54.9 Å². The number of aromatic nitrogens is 2. The number of nitrogens with one attached hydrogen (secondary N) is 4. The van der Waals surface area contributed by atoms with Crippen molar-refractivity contribution >= 4 is 50.9 Å². The van der Waals surface area contributed by atoms with E-state index in [4.69, 9.17) is 4.98 Å². The Morgan fingerprint density at radius 3 is 2.62 bits per heavy atom. The van der Waals surface area contributed by atoms with Gasteiger partial charge in [-0.2, -0.15) is 0 Å². The molecule has 1 amide bonds. The highest BCUT2D eigenvalue weighted by Gasteiger charge is 2.57. The summed E-state index contributed by atoms with van der Waals surface area (Å²) in [5.41, 5.74) is 0.0949. The van der Waals surface area contributed by atoms with Gasteiger partial charge in [-0.05, 0) is 56.0 Å². The van der Waals surface area contributed by atoms with Crippen LogP contribution in [-0.4, -0.2) is 74.0 Å². The number of carbonyl (C=O) groups excluding carboxylic acids is 1. The van der Waals surface area contributed by atoms with Crippen LogP contribution in [0.2, 0.25) is 0 Å². The van der Waals surface area contributed by atoms with Crippen molar-refractivity contribution in [2.24, 2.45) is 10.8 Å². The third-order valence-electron chi connectivity index (χ3n) is 9.11. The first kappa shape index (κ1) is 32.2. The number of rotatable bonds is 9. The van der Waals surface area contributed by atoms with Crippen LogP contribution in [-0.2, 0) is 15.8 Å². The second-order valence-electron chi connectivity index (χ2n) is 13.9. The minimum absolute atomic E-state index is 0.0248. The number of benzene rings is 1. The summed E-state index contributed by atoms with van der Waals surface area (Å²) in [6, 6.07) is 7.09. The van der Waals surface area contributed by atoms with Gasteiger partial charge >= 0.3 is 0 Å². The van der Waals surface area contributed by atoms with Gasteiger partial charge in [0.05, 0.1) is 27.4 Å². The van der Waals surface area contributed by atoms with Crippen LogP contribution in [0.1, 0.15) is 71.1 Å². The van der Waals surface area contributed by atoms with E-state index >= 15 is 8.78 Å². The van der Waals surface area contributed by atoms with Gasteiger partial charge in [-0.1, -0.05) is 45.5 Å². The summed E-state index contributed by atoms with van der Waals surface area (Å²) in [5.74, 6) is 0.114. The van der Waals surface area contributed by atoms with E-state index < -0.39 is 22.5 Å². The highest BCUT2D eigenvalue weighted by molar-refractivity contribution is 8.09. The number of halogens is 2. The Morgan fingerprint density at radius 1 is 1.20 bits per heavy atom. The highest BCUT2D eigenvalue weighted by atomic mass is 32.2. The van der Waals surface area contributed by atoms with Crippen LogP contribution in [0.5, 0.6) is 0 Å². The molecule has 6 rings (SSSR count). The van der Waals surface area contributed by atoms with Crippen LogP contribution < -0.4 is 20.7 Å². The third-order valence-corrected chi connectivity index (χ3v) is 12.0. The molecule has 2 unspecified atom stereocenters. The quantitative estimate of drug-likeness (QED) is 0.294. The van der Waals surface area contributed by atoms with E-state index in [1.807, 2.05) is 13.0 Å². The van der Waals surface area contributed by atoms with Gasteiger partial charge in [-0.15, -0.1) is 0 Å². The number of likely N-dealkylation sites (tertiary alicyclic amines) is 1. The lowest BCUT2D eigenvalue weighted by Gasteiger charge is -2.59. The maximum atomic E-state index is 15.9. The molecule has 1 spiro atoms.